The van der Waals surface area contributed by atoms with Crippen LogP contribution in [0.25, 0.3) is 0 Å². The molecule has 1 N–H and O–H groups in total. The minimum atomic E-state index is -4.34. The summed E-state index contributed by atoms with van der Waals surface area (Å²) < 4.78 is 35.4. The van der Waals surface area contributed by atoms with Gasteiger partial charge in [0.05, 0.1) is 0 Å². The minimum Gasteiger partial charge on any atom is -0.465 e. The smallest absolute Gasteiger partial charge is 0.409 e. The summed E-state index contributed by atoms with van der Waals surface area (Å²) in [6.45, 7) is 0.0199. The molecular weight excluding hydrogens is 187 g/mol. The summed E-state index contributed by atoms with van der Waals surface area (Å²) in [6, 6.07) is 0. The standard InChI is InChI=1S/C7H8F3NO2/c8-7(9,10)3-5-1-2-11(4-5)6(12)13/h3H,1-2,4H2,(H,12,13)/b5-3-. The van der Waals surface area contributed by atoms with Crippen molar-refractivity contribution < 1.29 is 23.1 Å². The van der Waals surface area contributed by atoms with Gasteiger partial charge in [-0.1, -0.05) is 0 Å². The first-order valence-electron chi connectivity index (χ1n) is 3.64. The number of hydrogen-bond donors (Lipinski definition) is 1. The third-order valence-electron chi connectivity index (χ3n) is 1.74. The number of hydrogen-bond acceptors (Lipinski definition) is 1. The Morgan fingerprint density at radius 2 is 2.15 bits per heavy atom. The molecule has 1 fully saturated rings. The van der Waals surface area contributed by atoms with Gasteiger partial charge in [0, 0.05) is 19.2 Å². The highest BCUT2D eigenvalue weighted by atomic mass is 19.4. The Balaban J connectivity index is 2.60. The van der Waals surface area contributed by atoms with Gasteiger partial charge in [-0.3, -0.25) is 0 Å². The summed E-state index contributed by atoms with van der Waals surface area (Å²) in [5, 5.41) is 8.45. The SMILES string of the molecule is O=C(O)N1CC/C(=C/C(F)(F)F)C1. The van der Waals surface area contributed by atoms with E-state index in [2.05, 4.69) is 0 Å². The van der Waals surface area contributed by atoms with E-state index in [1.807, 2.05) is 0 Å². The number of nitrogens with zero attached hydrogens (tertiary/aromatic N) is 1. The Morgan fingerprint density at radius 3 is 2.54 bits per heavy atom. The average molecular weight is 195 g/mol. The fourth-order valence-electron chi connectivity index (χ4n) is 1.19. The monoisotopic (exact) mass is 195 g/mol. The van der Waals surface area contributed by atoms with Gasteiger partial charge in [0.25, 0.3) is 0 Å². The lowest BCUT2D eigenvalue weighted by Gasteiger charge is -2.08. The molecule has 74 valence electrons. The van der Waals surface area contributed by atoms with Gasteiger partial charge < -0.3 is 10.0 Å². The molecule has 0 bridgehead atoms. The molecule has 0 aliphatic carbocycles. The van der Waals surface area contributed by atoms with E-state index in [1.165, 1.54) is 0 Å². The molecule has 1 aliphatic heterocycles. The van der Waals surface area contributed by atoms with E-state index in [4.69, 9.17) is 5.11 Å². The highest BCUT2D eigenvalue weighted by Gasteiger charge is 2.28. The lowest BCUT2D eigenvalue weighted by molar-refractivity contribution is -0.0806. The van der Waals surface area contributed by atoms with Gasteiger partial charge in [-0.15, -0.1) is 0 Å². The van der Waals surface area contributed by atoms with Crippen LogP contribution in [0.2, 0.25) is 0 Å². The normalized spacial score (nSPS) is 21.2. The third kappa shape index (κ3) is 2.96. The Morgan fingerprint density at radius 1 is 1.54 bits per heavy atom. The second-order valence-corrected chi connectivity index (χ2v) is 2.80. The number of carboxylic acid groups (broad SMARTS) is 1. The first kappa shape index (κ1) is 9.88. The second-order valence-electron chi connectivity index (χ2n) is 2.80. The van der Waals surface area contributed by atoms with E-state index in [0.29, 0.717) is 0 Å². The fourth-order valence-corrected chi connectivity index (χ4v) is 1.19. The molecule has 1 heterocycles. The summed E-state index contributed by atoms with van der Waals surface area (Å²) in [5.74, 6) is 0. The molecule has 0 aromatic heterocycles. The van der Waals surface area contributed by atoms with E-state index >= 15 is 0 Å². The van der Waals surface area contributed by atoms with Crippen LogP contribution in [0.4, 0.5) is 18.0 Å². The fraction of sp³-hybridized carbons (Fsp3) is 0.571. The highest BCUT2D eigenvalue weighted by molar-refractivity contribution is 5.66. The molecule has 0 aromatic rings. The Kier molecular flexibility index (Phi) is 2.49. The van der Waals surface area contributed by atoms with Crippen molar-refractivity contribution in [2.45, 2.75) is 12.6 Å². The summed E-state index contributed by atoms with van der Waals surface area (Å²) in [7, 11) is 0. The summed E-state index contributed by atoms with van der Waals surface area (Å²) in [5.41, 5.74) is 0.120. The van der Waals surface area contributed by atoms with Crippen molar-refractivity contribution in [1.82, 2.24) is 4.90 Å². The van der Waals surface area contributed by atoms with Crippen LogP contribution < -0.4 is 0 Å². The molecule has 0 unspecified atom stereocenters. The van der Waals surface area contributed by atoms with E-state index in [-0.39, 0.29) is 31.2 Å². The Hall–Kier alpha value is -1.20. The molecule has 1 amide bonds. The molecule has 0 radical (unpaired) electrons. The molecule has 3 nitrogen and oxygen atoms in total. The zero-order valence-corrected chi connectivity index (χ0v) is 6.64. The van der Waals surface area contributed by atoms with Gasteiger partial charge in [-0.2, -0.15) is 13.2 Å². The van der Waals surface area contributed by atoms with Gasteiger partial charge in [0.1, 0.15) is 0 Å². The van der Waals surface area contributed by atoms with Gasteiger partial charge in [0.15, 0.2) is 0 Å². The molecular formula is C7H8F3NO2. The number of carbonyl (C=O) groups is 1. The zero-order valence-electron chi connectivity index (χ0n) is 6.64. The van der Waals surface area contributed by atoms with Gasteiger partial charge in [0.2, 0.25) is 0 Å². The number of allylic oxidation sites excluding steroid dienone is 1. The van der Waals surface area contributed by atoms with Crippen molar-refractivity contribution in [1.29, 1.82) is 0 Å². The lowest BCUT2D eigenvalue weighted by atomic mass is 10.2. The van der Waals surface area contributed by atoms with E-state index < -0.39 is 12.3 Å². The molecule has 0 aromatic carbocycles. The molecule has 0 spiro atoms. The summed E-state index contributed by atoms with van der Waals surface area (Å²) in [4.78, 5) is 11.3. The number of alkyl halides is 3. The van der Waals surface area contributed by atoms with Crippen LogP contribution >= 0.6 is 0 Å². The summed E-state index contributed by atoms with van der Waals surface area (Å²) in [6.07, 6.45) is -5.17. The van der Waals surface area contributed by atoms with E-state index in [9.17, 15) is 18.0 Å². The molecule has 0 saturated carbocycles. The molecule has 1 aliphatic rings. The molecule has 6 heteroatoms. The van der Waals surface area contributed by atoms with Crippen molar-refractivity contribution in [3.05, 3.63) is 11.6 Å². The largest absolute Gasteiger partial charge is 0.465 e. The maximum atomic E-state index is 11.8. The molecule has 1 rings (SSSR count). The van der Waals surface area contributed by atoms with Crippen LogP contribution in [0.1, 0.15) is 6.42 Å². The molecule has 0 atom stereocenters. The number of likely N-dealkylation sites (tertiary alicyclic amines) is 1. The zero-order chi connectivity index (χ0) is 10.1. The first-order valence-corrected chi connectivity index (χ1v) is 3.64. The van der Waals surface area contributed by atoms with Gasteiger partial charge >= 0.3 is 12.3 Å². The number of halogens is 3. The quantitative estimate of drug-likeness (QED) is 0.599. The van der Waals surface area contributed by atoms with Crippen LogP contribution in [0, 0.1) is 0 Å². The van der Waals surface area contributed by atoms with Crippen molar-refractivity contribution in [2.24, 2.45) is 0 Å². The van der Waals surface area contributed by atoms with Crippen LogP contribution in [0.15, 0.2) is 11.6 Å². The Labute approximate surface area is 72.4 Å². The predicted molar refractivity (Wildman–Crippen MR) is 38.4 cm³/mol. The maximum absolute atomic E-state index is 11.8. The van der Waals surface area contributed by atoms with Gasteiger partial charge in [-0.05, 0) is 12.0 Å². The van der Waals surface area contributed by atoms with Crippen molar-refractivity contribution in [2.75, 3.05) is 13.1 Å². The van der Waals surface area contributed by atoms with E-state index in [1.54, 1.807) is 0 Å². The summed E-state index contributed by atoms with van der Waals surface area (Å²) >= 11 is 0. The van der Waals surface area contributed by atoms with Crippen LogP contribution in [0.3, 0.4) is 0 Å². The Bertz CT molecular complexity index is 247. The van der Waals surface area contributed by atoms with Crippen LogP contribution in [-0.2, 0) is 0 Å². The van der Waals surface area contributed by atoms with E-state index in [0.717, 1.165) is 4.90 Å². The number of rotatable bonds is 0. The predicted octanol–water partition coefficient (Wildman–Crippen LogP) is 1.86. The first-order chi connectivity index (χ1) is 5.88. The second kappa shape index (κ2) is 3.27. The van der Waals surface area contributed by atoms with Crippen molar-refractivity contribution >= 4 is 6.09 Å². The van der Waals surface area contributed by atoms with Crippen LogP contribution in [-0.4, -0.2) is 35.4 Å². The van der Waals surface area contributed by atoms with Gasteiger partial charge in [-0.25, -0.2) is 4.79 Å². The maximum Gasteiger partial charge on any atom is 0.409 e. The minimum absolute atomic E-state index is 0.120. The molecule has 1 saturated heterocycles. The number of amides is 1. The topological polar surface area (TPSA) is 40.5 Å². The molecule has 13 heavy (non-hydrogen) atoms. The van der Waals surface area contributed by atoms with Crippen molar-refractivity contribution in [3.63, 3.8) is 0 Å². The lowest BCUT2D eigenvalue weighted by Crippen LogP contribution is -2.25. The van der Waals surface area contributed by atoms with Crippen molar-refractivity contribution in [3.8, 4) is 0 Å². The third-order valence-corrected chi connectivity index (χ3v) is 1.74. The highest BCUT2D eigenvalue weighted by Crippen LogP contribution is 2.23. The average Bonchev–Trinajstić information content (AvgIpc) is 2.31. The van der Waals surface area contributed by atoms with Crippen LogP contribution in [0.5, 0.6) is 0 Å².